The minimum absolute atomic E-state index is 0.0684. The molecule has 0 aromatic heterocycles. The smallest absolute Gasteiger partial charge is 0.306 e. The van der Waals surface area contributed by atoms with Crippen LogP contribution in [0.3, 0.4) is 0 Å². The van der Waals surface area contributed by atoms with Gasteiger partial charge in [0.2, 0.25) is 0 Å². The molecule has 0 heterocycles. The second-order valence-electron chi connectivity index (χ2n) is 21.3. The SMILES string of the molecule is CCCCCC/C=C\CCCCCCCC(=O)OC(COC(=O)CCCCCCCCC)COC(=O)CCCCCCCCCCCCCCCCCCCCCCCCCCCCCCCCC. The van der Waals surface area contributed by atoms with Crippen molar-refractivity contribution in [3.05, 3.63) is 12.2 Å². The number of carbonyl (C=O) groups excluding carboxylic acids is 3. The lowest BCUT2D eigenvalue weighted by atomic mass is 10.0. The van der Waals surface area contributed by atoms with Gasteiger partial charge >= 0.3 is 17.9 Å². The van der Waals surface area contributed by atoms with Crippen molar-refractivity contribution in [3.63, 3.8) is 0 Å². The van der Waals surface area contributed by atoms with Gasteiger partial charge in [-0.2, -0.15) is 0 Å². The summed E-state index contributed by atoms with van der Waals surface area (Å²) >= 11 is 0. The highest BCUT2D eigenvalue weighted by Crippen LogP contribution is 2.18. The maximum Gasteiger partial charge on any atom is 0.306 e. The molecule has 408 valence electrons. The van der Waals surface area contributed by atoms with E-state index < -0.39 is 6.10 Å². The third-order valence-corrected chi connectivity index (χ3v) is 14.3. The Morgan fingerprint density at radius 2 is 0.478 bits per heavy atom. The normalized spacial score (nSPS) is 12.0. The number of hydrogen-bond donors (Lipinski definition) is 0. The first-order valence-electron chi connectivity index (χ1n) is 31.2. The molecule has 0 fully saturated rings. The highest BCUT2D eigenvalue weighted by Gasteiger charge is 2.19. The van der Waals surface area contributed by atoms with Gasteiger partial charge in [-0.25, -0.2) is 0 Å². The molecule has 0 aliphatic heterocycles. The van der Waals surface area contributed by atoms with Crippen LogP contribution in [0.1, 0.15) is 355 Å². The van der Waals surface area contributed by atoms with Crippen molar-refractivity contribution in [3.8, 4) is 0 Å². The Balaban J connectivity index is 3.92. The van der Waals surface area contributed by atoms with Crippen LogP contribution in [-0.4, -0.2) is 37.2 Å². The second kappa shape index (κ2) is 58.7. The van der Waals surface area contributed by atoms with Gasteiger partial charge in [0.25, 0.3) is 0 Å². The Kier molecular flexibility index (Phi) is 57.1. The lowest BCUT2D eigenvalue weighted by Crippen LogP contribution is -2.30. The van der Waals surface area contributed by atoms with E-state index in [1.807, 2.05) is 0 Å². The molecule has 0 rings (SSSR count). The zero-order chi connectivity index (χ0) is 50.0. The zero-order valence-electron chi connectivity index (χ0n) is 46.9. The summed E-state index contributed by atoms with van der Waals surface area (Å²) in [6.07, 6.45) is 68.4. The maximum atomic E-state index is 12.8. The van der Waals surface area contributed by atoms with E-state index in [2.05, 4.69) is 32.9 Å². The van der Waals surface area contributed by atoms with Crippen LogP contribution in [-0.2, 0) is 28.6 Å². The van der Waals surface area contributed by atoms with E-state index in [-0.39, 0.29) is 31.1 Å². The van der Waals surface area contributed by atoms with Gasteiger partial charge in [-0.05, 0) is 44.9 Å². The van der Waals surface area contributed by atoms with Crippen molar-refractivity contribution in [2.24, 2.45) is 0 Å². The molecule has 6 heteroatoms. The molecule has 6 nitrogen and oxygen atoms in total. The summed E-state index contributed by atoms with van der Waals surface area (Å²) in [5, 5.41) is 0. The summed E-state index contributed by atoms with van der Waals surface area (Å²) in [7, 11) is 0. The molecule has 1 atom stereocenters. The van der Waals surface area contributed by atoms with Crippen LogP contribution in [0.15, 0.2) is 12.2 Å². The summed E-state index contributed by atoms with van der Waals surface area (Å²) in [6, 6.07) is 0. The number of unbranched alkanes of at least 4 members (excludes halogenated alkanes) is 45. The van der Waals surface area contributed by atoms with E-state index in [0.29, 0.717) is 19.3 Å². The number of allylic oxidation sites excluding steroid dienone is 2. The van der Waals surface area contributed by atoms with Gasteiger partial charge in [0.15, 0.2) is 6.10 Å². The second-order valence-corrected chi connectivity index (χ2v) is 21.3. The Morgan fingerprint density at radius 3 is 0.739 bits per heavy atom. The molecular formula is C63H120O6. The van der Waals surface area contributed by atoms with E-state index in [9.17, 15) is 14.4 Å². The molecule has 0 amide bonds. The summed E-state index contributed by atoms with van der Waals surface area (Å²) in [5.41, 5.74) is 0. The summed E-state index contributed by atoms with van der Waals surface area (Å²) < 4.78 is 16.8. The Hall–Kier alpha value is -1.85. The summed E-state index contributed by atoms with van der Waals surface area (Å²) in [4.78, 5) is 37.9. The Labute approximate surface area is 431 Å². The van der Waals surface area contributed by atoms with Crippen molar-refractivity contribution in [1.29, 1.82) is 0 Å². The number of rotatable bonds is 58. The van der Waals surface area contributed by atoms with Crippen molar-refractivity contribution in [1.82, 2.24) is 0 Å². The largest absolute Gasteiger partial charge is 0.462 e. The van der Waals surface area contributed by atoms with Gasteiger partial charge in [0.05, 0.1) is 0 Å². The zero-order valence-corrected chi connectivity index (χ0v) is 46.9. The number of carbonyl (C=O) groups is 3. The van der Waals surface area contributed by atoms with Crippen LogP contribution in [0, 0.1) is 0 Å². The number of hydrogen-bond acceptors (Lipinski definition) is 6. The number of esters is 3. The molecule has 0 aromatic carbocycles. The van der Waals surface area contributed by atoms with Gasteiger partial charge in [0.1, 0.15) is 13.2 Å². The average Bonchev–Trinajstić information content (AvgIpc) is 3.35. The molecule has 0 saturated heterocycles. The van der Waals surface area contributed by atoms with Crippen molar-refractivity contribution in [2.45, 2.75) is 361 Å². The minimum atomic E-state index is -0.767. The maximum absolute atomic E-state index is 12.8. The third kappa shape index (κ3) is 56.9. The van der Waals surface area contributed by atoms with Gasteiger partial charge < -0.3 is 14.2 Å². The predicted molar refractivity (Wildman–Crippen MR) is 298 cm³/mol. The third-order valence-electron chi connectivity index (χ3n) is 14.3. The first kappa shape index (κ1) is 67.1. The minimum Gasteiger partial charge on any atom is -0.462 e. The van der Waals surface area contributed by atoms with E-state index in [1.54, 1.807) is 0 Å². The quantitative estimate of drug-likeness (QED) is 0.0261. The standard InChI is InChI=1S/C63H120O6/c1-4-7-10-13-16-18-20-22-23-24-25-26-27-28-29-30-31-32-33-34-35-36-37-38-39-41-42-44-47-50-53-56-62(65)68-59-60(58-67-61(64)55-52-49-46-15-12-9-6-3)69-63(66)57-54-51-48-45-43-40-21-19-17-14-11-8-5-2/h19,21,60H,4-18,20,22-59H2,1-3H3/b21-19-. The monoisotopic (exact) mass is 973 g/mol. The topological polar surface area (TPSA) is 78.9 Å². The lowest BCUT2D eigenvalue weighted by molar-refractivity contribution is -0.167. The van der Waals surface area contributed by atoms with Crippen LogP contribution in [0.2, 0.25) is 0 Å². The molecule has 0 aromatic rings. The molecule has 0 N–H and O–H groups in total. The highest BCUT2D eigenvalue weighted by atomic mass is 16.6. The molecule has 69 heavy (non-hydrogen) atoms. The van der Waals surface area contributed by atoms with Crippen LogP contribution >= 0.6 is 0 Å². The van der Waals surface area contributed by atoms with Crippen LogP contribution < -0.4 is 0 Å². The van der Waals surface area contributed by atoms with E-state index in [1.165, 1.54) is 250 Å². The fourth-order valence-electron chi connectivity index (χ4n) is 9.56. The van der Waals surface area contributed by atoms with Crippen LogP contribution in [0.25, 0.3) is 0 Å². The predicted octanol–water partition coefficient (Wildman–Crippen LogP) is 20.9. The van der Waals surface area contributed by atoms with Gasteiger partial charge in [-0.3, -0.25) is 14.4 Å². The summed E-state index contributed by atoms with van der Waals surface area (Å²) in [5.74, 6) is -0.864. The van der Waals surface area contributed by atoms with Gasteiger partial charge in [0, 0.05) is 19.3 Å². The van der Waals surface area contributed by atoms with Crippen molar-refractivity contribution >= 4 is 17.9 Å². The molecule has 0 bridgehead atoms. The fraction of sp³-hybridized carbons (Fsp3) is 0.921. The summed E-state index contributed by atoms with van der Waals surface area (Å²) in [6.45, 7) is 6.63. The first-order valence-corrected chi connectivity index (χ1v) is 31.2. The lowest BCUT2D eigenvalue weighted by Gasteiger charge is -2.18. The average molecular weight is 974 g/mol. The van der Waals surface area contributed by atoms with E-state index >= 15 is 0 Å². The molecule has 0 aliphatic carbocycles. The van der Waals surface area contributed by atoms with Crippen LogP contribution in [0.5, 0.6) is 0 Å². The molecular weight excluding hydrogens is 853 g/mol. The van der Waals surface area contributed by atoms with Crippen molar-refractivity contribution in [2.75, 3.05) is 13.2 Å². The molecule has 1 unspecified atom stereocenters. The Bertz CT molecular complexity index is 1070. The van der Waals surface area contributed by atoms with Crippen molar-refractivity contribution < 1.29 is 28.6 Å². The van der Waals surface area contributed by atoms with E-state index in [0.717, 1.165) is 64.2 Å². The first-order chi connectivity index (χ1) is 34.0. The molecule has 0 saturated carbocycles. The molecule has 0 radical (unpaired) electrons. The van der Waals surface area contributed by atoms with Crippen LogP contribution in [0.4, 0.5) is 0 Å². The number of ether oxygens (including phenoxy) is 3. The highest BCUT2D eigenvalue weighted by molar-refractivity contribution is 5.71. The Morgan fingerprint density at radius 1 is 0.275 bits per heavy atom. The fourth-order valence-corrected chi connectivity index (χ4v) is 9.56. The van der Waals surface area contributed by atoms with Gasteiger partial charge in [-0.1, -0.05) is 303 Å². The molecule has 0 aliphatic rings. The van der Waals surface area contributed by atoms with E-state index in [4.69, 9.17) is 14.2 Å². The van der Waals surface area contributed by atoms with Gasteiger partial charge in [-0.15, -0.1) is 0 Å². The molecule has 0 spiro atoms.